The zero-order valence-corrected chi connectivity index (χ0v) is 18.9. The number of aliphatic carboxylic acids is 1. The van der Waals surface area contributed by atoms with Crippen LogP contribution in [-0.2, 0) is 16.0 Å². The second kappa shape index (κ2) is 15.7. The molecule has 2 N–H and O–H groups in total. The van der Waals surface area contributed by atoms with Crippen molar-refractivity contribution in [1.82, 2.24) is 5.32 Å². The summed E-state index contributed by atoms with van der Waals surface area (Å²) in [7, 11) is 1.67. The lowest BCUT2D eigenvalue weighted by molar-refractivity contribution is -0.137. The third-order valence-corrected chi connectivity index (χ3v) is 4.50. The molecule has 168 valence electrons. The molecule has 0 fully saturated rings. The Morgan fingerprint density at radius 3 is 2.65 bits per heavy atom. The van der Waals surface area contributed by atoms with Crippen LogP contribution in [0.5, 0.6) is 5.75 Å². The van der Waals surface area contributed by atoms with Gasteiger partial charge in [0.15, 0.2) is 0 Å². The van der Waals surface area contributed by atoms with Gasteiger partial charge in [-0.05, 0) is 50.0 Å². The molecule has 1 rings (SSSR count). The summed E-state index contributed by atoms with van der Waals surface area (Å²) in [6, 6.07) is 7.66. The van der Waals surface area contributed by atoms with Gasteiger partial charge in [-0.15, -0.1) is 12.3 Å². The van der Waals surface area contributed by atoms with Gasteiger partial charge in [0.2, 0.25) is 0 Å². The highest BCUT2D eigenvalue weighted by Gasteiger charge is 2.11. The Labute approximate surface area is 186 Å². The average Bonchev–Trinajstić information content (AvgIpc) is 2.76. The summed E-state index contributed by atoms with van der Waals surface area (Å²) in [4.78, 5) is 10.8. The van der Waals surface area contributed by atoms with Crippen LogP contribution in [0.4, 0.5) is 0 Å². The van der Waals surface area contributed by atoms with Crippen molar-refractivity contribution in [1.29, 1.82) is 0 Å². The van der Waals surface area contributed by atoms with Crippen molar-refractivity contribution in [3.05, 3.63) is 65.6 Å². The zero-order valence-electron chi connectivity index (χ0n) is 18.9. The Bertz CT molecular complexity index is 785. The van der Waals surface area contributed by atoms with Gasteiger partial charge in [0.1, 0.15) is 11.5 Å². The lowest BCUT2D eigenvalue weighted by Crippen LogP contribution is -2.16. The van der Waals surface area contributed by atoms with Gasteiger partial charge < -0.3 is 19.9 Å². The number of unbranched alkanes of at least 4 members (excludes halogenated alkanes) is 1. The van der Waals surface area contributed by atoms with Crippen LogP contribution in [0.15, 0.2) is 60.0 Å². The topological polar surface area (TPSA) is 67.8 Å². The van der Waals surface area contributed by atoms with E-state index >= 15 is 0 Å². The monoisotopic (exact) mass is 425 g/mol. The quantitative estimate of drug-likeness (QED) is 0.177. The lowest BCUT2D eigenvalue weighted by atomic mass is 9.97. The number of carbonyl (C=O) groups is 1. The summed E-state index contributed by atoms with van der Waals surface area (Å²) < 4.78 is 11.2. The molecule has 5 heteroatoms. The first kappa shape index (κ1) is 25.9. The Morgan fingerprint density at radius 2 is 2.06 bits per heavy atom. The van der Waals surface area contributed by atoms with Crippen molar-refractivity contribution < 1.29 is 19.4 Å². The SMILES string of the molecule is C#CC(CC(=O)O)Cc1ccc(OCCCNC(=C\CCC)/C=C(\C=C/C)OC)cc1. The first-order valence-corrected chi connectivity index (χ1v) is 10.7. The number of nitrogens with one attached hydrogen (secondary N) is 1. The van der Waals surface area contributed by atoms with Crippen molar-refractivity contribution in [2.24, 2.45) is 5.92 Å². The first-order chi connectivity index (χ1) is 15.0. The molecule has 0 heterocycles. The Kier molecular flexibility index (Phi) is 13.1. The van der Waals surface area contributed by atoms with E-state index < -0.39 is 5.97 Å². The molecule has 0 amide bonds. The molecule has 0 saturated carbocycles. The third-order valence-electron chi connectivity index (χ3n) is 4.50. The second-order valence-corrected chi connectivity index (χ2v) is 7.14. The number of hydrogen-bond acceptors (Lipinski definition) is 4. The van der Waals surface area contributed by atoms with Crippen LogP contribution in [0.3, 0.4) is 0 Å². The zero-order chi connectivity index (χ0) is 22.9. The van der Waals surface area contributed by atoms with Crippen molar-refractivity contribution in [3.8, 4) is 18.1 Å². The maximum atomic E-state index is 10.8. The van der Waals surface area contributed by atoms with Gasteiger partial charge in [0.05, 0.1) is 20.1 Å². The molecule has 5 nitrogen and oxygen atoms in total. The highest BCUT2D eigenvalue weighted by atomic mass is 16.5. The van der Waals surface area contributed by atoms with Gasteiger partial charge in [-0.3, -0.25) is 4.79 Å². The van der Waals surface area contributed by atoms with E-state index in [9.17, 15) is 4.79 Å². The number of allylic oxidation sites excluding steroid dienone is 4. The van der Waals surface area contributed by atoms with Crippen LogP contribution in [0.2, 0.25) is 0 Å². The fourth-order valence-corrected chi connectivity index (χ4v) is 2.88. The normalized spacial score (nSPS) is 13.0. The number of carboxylic acid groups (broad SMARTS) is 1. The number of hydrogen-bond donors (Lipinski definition) is 2. The van der Waals surface area contributed by atoms with Gasteiger partial charge >= 0.3 is 5.97 Å². The number of carboxylic acids is 1. The molecule has 1 aromatic rings. The smallest absolute Gasteiger partial charge is 0.304 e. The Morgan fingerprint density at radius 1 is 1.32 bits per heavy atom. The molecule has 0 radical (unpaired) electrons. The van der Waals surface area contributed by atoms with Crippen LogP contribution in [-0.4, -0.2) is 31.3 Å². The molecule has 0 aliphatic rings. The van der Waals surface area contributed by atoms with Gasteiger partial charge in [0.25, 0.3) is 0 Å². The summed E-state index contributed by atoms with van der Waals surface area (Å²) in [6.45, 7) is 5.49. The minimum absolute atomic E-state index is 0.0216. The number of terminal acetylenes is 1. The molecule has 1 aromatic carbocycles. The molecule has 0 spiro atoms. The first-order valence-electron chi connectivity index (χ1n) is 10.7. The lowest BCUT2D eigenvalue weighted by Gasteiger charge is -2.11. The molecule has 0 bridgehead atoms. The van der Waals surface area contributed by atoms with Crippen LogP contribution in [0, 0.1) is 18.3 Å². The summed E-state index contributed by atoms with van der Waals surface area (Å²) >= 11 is 0. The molecule has 31 heavy (non-hydrogen) atoms. The minimum Gasteiger partial charge on any atom is -0.497 e. The molecule has 0 aliphatic carbocycles. The van der Waals surface area contributed by atoms with Gasteiger partial charge in [0, 0.05) is 24.2 Å². The third kappa shape index (κ3) is 11.6. The summed E-state index contributed by atoms with van der Waals surface area (Å²) in [5.74, 6) is 2.97. The highest BCUT2D eigenvalue weighted by molar-refractivity contribution is 5.67. The van der Waals surface area contributed by atoms with Crippen LogP contribution < -0.4 is 10.1 Å². The van der Waals surface area contributed by atoms with E-state index in [0.717, 1.165) is 48.6 Å². The molecule has 0 aliphatic heterocycles. The maximum absolute atomic E-state index is 10.8. The number of rotatable bonds is 15. The standard InChI is InChI=1S/C26H35NO4/c1-5-8-11-23(20-25(30-4)10-6-2)27-16-9-17-31-24-14-12-22(13-15-24)18-21(7-3)19-26(28)29/h3,6,10-15,20-21,27H,5,8-9,16-19H2,1-2,4H3,(H,28,29)/b10-6-,23-11-,25-20+. The second-order valence-electron chi connectivity index (χ2n) is 7.14. The average molecular weight is 426 g/mol. The predicted octanol–water partition coefficient (Wildman–Crippen LogP) is 5.10. The van der Waals surface area contributed by atoms with Gasteiger partial charge in [-0.1, -0.05) is 37.6 Å². The summed E-state index contributed by atoms with van der Waals surface area (Å²) in [5.41, 5.74) is 2.05. The molecular weight excluding hydrogens is 390 g/mol. The number of benzene rings is 1. The highest BCUT2D eigenvalue weighted by Crippen LogP contribution is 2.17. The minimum atomic E-state index is -0.875. The fraction of sp³-hybridized carbons (Fsp3) is 0.423. The van der Waals surface area contributed by atoms with Crippen molar-refractivity contribution in [2.45, 2.75) is 46.0 Å². The molecule has 1 atom stereocenters. The van der Waals surface area contributed by atoms with Crippen LogP contribution in [0.25, 0.3) is 0 Å². The van der Waals surface area contributed by atoms with Gasteiger partial charge in [-0.2, -0.15) is 0 Å². The molecular formula is C26H35NO4. The maximum Gasteiger partial charge on any atom is 0.304 e. The Balaban J connectivity index is 2.47. The van der Waals surface area contributed by atoms with E-state index in [4.69, 9.17) is 21.0 Å². The number of ether oxygens (including phenoxy) is 2. The summed E-state index contributed by atoms with van der Waals surface area (Å²) in [6.07, 6.45) is 17.0. The van der Waals surface area contributed by atoms with Gasteiger partial charge in [-0.25, -0.2) is 0 Å². The van der Waals surface area contributed by atoms with Crippen molar-refractivity contribution >= 4 is 5.97 Å². The van der Waals surface area contributed by atoms with E-state index in [-0.39, 0.29) is 12.3 Å². The molecule has 0 aromatic heterocycles. The van der Waals surface area contributed by atoms with E-state index in [1.54, 1.807) is 7.11 Å². The van der Waals surface area contributed by atoms with E-state index in [1.165, 1.54) is 0 Å². The van der Waals surface area contributed by atoms with Crippen LogP contribution >= 0.6 is 0 Å². The van der Waals surface area contributed by atoms with E-state index in [1.807, 2.05) is 49.4 Å². The molecule has 1 unspecified atom stereocenters. The fourth-order valence-electron chi connectivity index (χ4n) is 2.88. The van der Waals surface area contributed by atoms with E-state index in [2.05, 4.69) is 24.2 Å². The number of methoxy groups -OCH3 is 1. The molecule has 0 saturated heterocycles. The van der Waals surface area contributed by atoms with Crippen molar-refractivity contribution in [2.75, 3.05) is 20.3 Å². The summed E-state index contributed by atoms with van der Waals surface area (Å²) in [5, 5.41) is 12.3. The largest absolute Gasteiger partial charge is 0.497 e. The predicted molar refractivity (Wildman–Crippen MR) is 126 cm³/mol. The van der Waals surface area contributed by atoms with E-state index in [0.29, 0.717) is 13.0 Å². The van der Waals surface area contributed by atoms with Crippen molar-refractivity contribution in [3.63, 3.8) is 0 Å². The Hall–Kier alpha value is -3.13. The van der Waals surface area contributed by atoms with Crippen LogP contribution in [0.1, 0.15) is 45.1 Å².